The number of nitrogens with two attached hydrogens (primary N) is 1. The van der Waals surface area contributed by atoms with E-state index in [9.17, 15) is 0 Å². The van der Waals surface area contributed by atoms with Crippen LogP contribution in [0.2, 0.25) is 0 Å². The highest BCUT2D eigenvalue weighted by Gasteiger charge is 2.39. The molecule has 2 rings (SSSR count). The average Bonchev–Trinajstić information content (AvgIpc) is 2.29. The molecular weight excluding hydrogens is 218 g/mol. The molecule has 0 unspecified atom stereocenters. The van der Waals surface area contributed by atoms with Gasteiger partial charge in [0.05, 0.1) is 32.3 Å². The minimum absolute atomic E-state index is 0.0435. The monoisotopic (exact) mass is 237 g/mol. The maximum atomic E-state index is 5.84. The zero-order valence-electron chi connectivity index (χ0n) is 10.4. The number of methoxy groups -OCH3 is 1. The fraction of sp³-hybridized carbons (Fsp3) is 0.538. The van der Waals surface area contributed by atoms with Gasteiger partial charge in [-0.15, -0.1) is 0 Å². The third-order valence-electron chi connectivity index (χ3n) is 3.22. The molecule has 1 aromatic carbocycles. The van der Waals surface area contributed by atoms with E-state index in [1.165, 1.54) is 0 Å². The van der Waals surface area contributed by atoms with Gasteiger partial charge in [0.25, 0.3) is 0 Å². The van der Waals surface area contributed by atoms with E-state index in [-0.39, 0.29) is 5.41 Å². The maximum Gasteiger partial charge on any atom is 0.161 e. The van der Waals surface area contributed by atoms with Gasteiger partial charge in [-0.25, -0.2) is 0 Å². The highest BCUT2D eigenvalue weighted by atomic mass is 16.5. The van der Waals surface area contributed by atoms with Gasteiger partial charge in [0.2, 0.25) is 0 Å². The predicted molar refractivity (Wildman–Crippen MR) is 65.7 cm³/mol. The van der Waals surface area contributed by atoms with E-state index in [1.807, 2.05) is 25.1 Å². The highest BCUT2D eigenvalue weighted by Crippen LogP contribution is 2.37. The van der Waals surface area contributed by atoms with Gasteiger partial charge in [-0.3, -0.25) is 0 Å². The molecule has 4 heteroatoms. The van der Waals surface area contributed by atoms with Crippen LogP contribution in [0.5, 0.6) is 11.5 Å². The van der Waals surface area contributed by atoms with Gasteiger partial charge in [0.1, 0.15) is 0 Å². The second-order valence-electron chi connectivity index (χ2n) is 4.28. The lowest BCUT2D eigenvalue weighted by Gasteiger charge is -2.41. The summed E-state index contributed by atoms with van der Waals surface area (Å²) < 4.78 is 16.1. The van der Waals surface area contributed by atoms with Crippen LogP contribution < -0.4 is 15.2 Å². The van der Waals surface area contributed by atoms with Crippen LogP contribution in [-0.4, -0.2) is 33.5 Å². The third-order valence-corrected chi connectivity index (χ3v) is 3.22. The Morgan fingerprint density at radius 3 is 2.59 bits per heavy atom. The first-order chi connectivity index (χ1) is 8.25. The molecule has 1 heterocycles. The molecule has 1 aromatic rings. The van der Waals surface area contributed by atoms with E-state index in [0.717, 1.165) is 17.1 Å². The molecule has 94 valence electrons. The van der Waals surface area contributed by atoms with Crippen LogP contribution in [0.15, 0.2) is 18.2 Å². The van der Waals surface area contributed by atoms with Crippen molar-refractivity contribution in [2.45, 2.75) is 12.3 Å². The van der Waals surface area contributed by atoms with Gasteiger partial charge >= 0.3 is 0 Å². The van der Waals surface area contributed by atoms with Crippen molar-refractivity contribution in [3.8, 4) is 11.5 Å². The summed E-state index contributed by atoms with van der Waals surface area (Å²) in [6.45, 7) is 4.52. The SMILES string of the molecule is CCOc1cc(C2(CN)COC2)ccc1OC. The zero-order valence-corrected chi connectivity index (χ0v) is 10.4. The molecule has 0 spiro atoms. The first kappa shape index (κ1) is 12.2. The Labute approximate surface area is 102 Å². The Kier molecular flexibility index (Phi) is 3.54. The summed E-state index contributed by atoms with van der Waals surface area (Å²) in [5, 5.41) is 0. The normalized spacial score (nSPS) is 17.4. The van der Waals surface area contributed by atoms with Crippen molar-refractivity contribution in [1.29, 1.82) is 0 Å². The van der Waals surface area contributed by atoms with Crippen molar-refractivity contribution >= 4 is 0 Å². The molecule has 1 saturated heterocycles. The summed E-state index contributed by atoms with van der Waals surface area (Å²) in [6.07, 6.45) is 0. The molecule has 1 aliphatic rings. The fourth-order valence-electron chi connectivity index (χ4n) is 2.03. The minimum Gasteiger partial charge on any atom is -0.493 e. The lowest BCUT2D eigenvalue weighted by atomic mass is 9.78. The van der Waals surface area contributed by atoms with E-state index in [0.29, 0.717) is 26.4 Å². The van der Waals surface area contributed by atoms with Gasteiger partial charge in [0, 0.05) is 6.54 Å². The number of hydrogen-bond donors (Lipinski definition) is 1. The summed E-state index contributed by atoms with van der Waals surface area (Å²) in [6, 6.07) is 5.98. The lowest BCUT2D eigenvalue weighted by Crippen LogP contribution is -2.52. The van der Waals surface area contributed by atoms with E-state index >= 15 is 0 Å². The number of hydrogen-bond acceptors (Lipinski definition) is 4. The minimum atomic E-state index is -0.0435. The summed E-state index contributed by atoms with van der Waals surface area (Å²) in [5.41, 5.74) is 6.96. The van der Waals surface area contributed by atoms with Crippen molar-refractivity contribution < 1.29 is 14.2 Å². The van der Waals surface area contributed by atoms with E-state index in [1.54, 1.807) is 7.11 Å². The quantitative estimate of drug-likeness (QED) is 0.839. The highest BCUT2D eigenvalue weighted by molar-refractivity contribution is 5.46. The molecule has 0 bridgehead atoms. The number of rotatable bonds is 5. The maximum absolute atomic E-state index is 5.84. The summed E-state index contributed by atoms with van der Waals surface area (Å²) in [7, 11) is 1.64. The Bertz CT molecular complexity index is 383. The smallest absolute Gasteiger partial charge is 0.161 e. The first-order valence-electron chi connectivity index (χ1n) is 5.85. The molecule has 0 aromatic heterocycles. The Balaban J connectivity index is 2.32. The molecular formula is C13H19NO3. The number of ether oxygens (including phenoxy) is 3. The second-order valence-corrected chi connectivity index (χ2v) is 4.28. The molecule has 0 atom stereocenters. The van der Waals surface area contributed by atoms with Crippen LogP contribution in [0.1, 0.15) is 12.5 Å². The summed E-state index contributed by atoms with van der Waals surface area (Å²) in [4.78, 5) is 0. The van der Waals surface area contributed by atoms with Gasteiger partial charge in [-0.05, 0) is 24.6 Å². The predicted octanol–water partition coefficient (Wildman–Crippen LogP) is 1.32. The second kappa shape index (κ2) is 4.94. The largest absolute Gasteiger partial charge is 0.493 e. The Hall–Kier alpha value is -1.26. The van der Waals surface area contributed by atoms with Crippen LogP contribution in [0.3, 0.4) is 0 Å². The van der Waals surface area contributed by atoms with Crippen LogP contribution in [0, 0.1) is 0 Å². The first-order valence-corrected chi connectivity index (χ1v) is 5.85. The fourth-order valence-corrected chi connectivity index (χ4v) is 2.03. The van der Waals surface area contributed by atoms with Crippen molar-refractivity contribution in [3.05, 3.63) is 23.8 Å². The van der Waals surface area contributed by atoms with E-state index in [2.05, 4.69) is 0 Å². The third kappa shape index (κ3) is 2.10. The van der Waals surface area contributed by atoms with Crippen LogP contribution in [-0.2, 0) is 10.2 Å². The van der Waals surface area contributed by atoms with Gasteiger partial charge < -0.3 is 19.9 Å². The molecule has 0 amide bonds. The summed E-state index contributed by atoms with van der Waals surface area (Å²) in [5.74, 6) is 1.52. The topological polar surface area (TPSA) is 53.7 Å². The standard InChI is InChI=1S/C13H19NO3/c1-3-17-12-6-10(4-5-11(12)15-2)13(7-14)8-16-9-13/h4-6H,3,7-9,14H2,1-2H3. The van der Waals surface area contributed by atoms with E-state index in [4.69, 9.17) is 19.9 Å². The molecule has 1 fully saturated rings. The average molecular weight is 237 g/mol. The van der Waals surface area contributed by atoms with Crippen molar-refractivity contribution in [1.82, 2.24) is 0 Å². The van der Waals surface area contributed by atoms with Crippen LogP contribution in [0.25, 0.3) is 0 Å². The van der Waals surface area contributed by atoms with Gasteiger partial charge in [0.15, 0.2) is 11.5 Å². The molecule has 0 saturated carbocycles. The number of benzene rings is 1. The summed E-state index contributed by atoms with van der Waals surface area (Å²) >= 11 is 0. The van der Waals surface area contributed by atoms with Gasteiger partial charge in [-0.2, -0.15) is 0 Å². The van der Waals surface area contributed by atoms with Crippen LogP contribution >= 0.6 is 0 Å². The molecule has 1 aliphatic heterocycles. The van der Waals surface area contributed by atoms with Crippen LogP contribution in [0.4, 0.5) is 0 Å². The Morgan fingerprint density at radius 2 is 2.12 bits per heavy atom. The van der Waals surface area contributed by atoms with Crippen molar-refractivity contribution in [2.75, 3.05) is 33.5 Å². The van der Waals surface area contributed by atoms with Gasteiger partial charge in [-0.1, -0.05) is 6.07 Å². The Morgan fingerprint density at radius 1 is 1.35 bits per heavy atom. The molecule has 0 aliphatic carbocycles. The van der Waals surface area contributed by atoms with Crippen molar-refractivity contribution in [2.24, 2.45) is 5.73 Å². The zero-order chi connectivity index (χ0) is 12.3. The molecule has 4 nitrogen and oxygen atoms in total. The molecule has 2 N–H and O–H groups in total. The molecule has 17 heavy (non-hydrogen) atoms. The lowest BCUT2D eigenvalue weighted by molar-refractivity contribution is -0.0551. The molecule has 0 radical (unpaired) electrons. The van der Waals surface area contributed by atoms with Crippen molar-refractivity contribution in [3.63, 3.8) is 0 Å². The van der Waals surface area contributed by atoms with E-state index < -0.39 is 0 Å².